The summed E-state index contributed by atoms with van der Waals surface area (Å²) in [7, 11) is 0. The van der Waals surface area contributed by atoms with Gasteiger partial charge in [0.1, 0.15) is 6.17 Å². The summed E-state index contributed by atoms with van der Waals surface area (Å²) in [6.45, 7) is 9.02. The lowest BCUT2D eigenvalue weighted by Gasteiger charge is -2.31. The maximum atomic E-state index is 13.9. The minimum absolute atomic E-state index is 0.0324. The van der Waals surface area contributed by atoms with E-state index in [2.05, 4.69) is 33.0 Å². The molecule has 0 spiro atoms. The van der Waals surface area contributed by atoms with Crippen molar-refractivity contribution in [3.63, 3.8) is 0 Å². The predicted molar refractivity (Wildman–Crippen MR) is 63.8 cm³/mol. The van der Waals surface area contributed by atoms with Gasteiger partial charge in [0.05, 0.1) is 0 Å². The lowest BCUT2D eigenvalue weighted by atomic mass is 9.80. The highest BCUT2D eigenvalue weighted by atomic mass is 19.1. The SMILES string of the molecule is CC1CCCC(C(F)CNC(C)(C)C)C1. The molecule has 0 aromatic rings. The van der Waals surface area contributed by atoms with Gasteiger partial charge in [-0.05, 0) is 45.4 Å². The van der Waals surface area contributed by atoms with Gasteiger partial charge in [-0.25, -0.2) is 4.39 Å². The summed E-state index contributed by atoms with van der Waals surface area (Å²) in [6, 6.07) is 0. The standard InChI is InChI=1S/C13H26FN/c1-10-6-5-7-11(8-10)12(14)9-15-13(2,3)4/h10-12,15H,5-9H2,1-4H3. The maximum Gasteiger partial charge on any atom is 0.115 e. The number of nitrogens with one attached hydrogen (secondary N) is 1. The van der Waals surface area contributed by atoms with Crippen LogP contribution in [0.25, 0.3) is 0 Å². The molecule has 3 unspecified atom stereocenters. The Morgan fingerprint density at radius 3 is 2.53 bits per heavy atom. The molecule has 0 heterocycles. The Morgan fingerprint density at radius 2 is 2.00 bits per heavy atom. The number of rotatable bonds is 3. The second-order valence-corrected chi connectivity index (χ2v) is 6.18. The second kappa shape index (κ2) is 5.29. The van der Waals surface area contributed by atoms with Gasteiger partial charge in [-0.2, -0.15) is 0 Å². The van der Waals surface area contributed by atoms with Crippen LogP contribution in [0.5, 0.6) is 0 Å². The van der Waals surface area contributed by atoms with Crippen molar-refractivity contribution in [1.82, 2.24) is 5.32 Å². The molecular formula is C13H26FN. The van der Waals surface area contributed by atoms with Gasteiger partial charge in [0.2, 0.25) is 0 Å². The van der Waals surface area contributed by atoms with Gasteiger partial charge in [0.25, 0.3) is 0 Å². The van der Waals surface area contributed by atoms with E-state index in [-0.39, 0.29) is 5.54 Å². The topological polar surface area (TPSA) is 12.0 Å². The molecule has 0 aromatic carbocycles. The lowest BCUT2D eigenvalue weighted by molar-refractivity contribution is 0.144. The molecule has 0 saturated heterocycles. The van der Waals surface area contributed by atoms with Gasteiger partial charge in [-0.3, -0.25) is 0 Å². The van der Waals surface area contributed by atoms with E-state index in [4.69, 9.17) is 0 Å². The van der Waals surface area contributed by atoms with E-state index in [0.717, 1.165) is 18.8 Å². The molecule has 1 saturated carbocycles. The summed E-state index contributed by atoms with van der Waals surface area (Å²) in [5, 5.41) is 3.26. The summed E-state index contributed by atoms with van der Waals surface area (Å²) >= 11 is 0. The zero-order valence-electron chi connectivity index (χ0n) is 10.6. The quantitative estimate of drug-likeness (QED) is 0.759. The van der Waals surface area contributed by atoms with Crippen LogP contribution in [0.15, 0.2) is 0 Å². The van der Waals surface area contributed by atoms with E-state index in [1.807, 2.05) is 0 Å². The molecule has 1 N–H and O–H groups in total. The number of hydrogen-bond acceptors (Lipinski definition) is 1. The monoisotopic (exact) mass is 215 g/mol. The molecular weight excluding hydrogens is 189 g/mol. The fourth-order valence-electron chi connectivity index (χ4n) is 2.38. The van der Waals surface area contributed by atoms with Gasteiger partial charge in [-0.1, -0.05) is 19.8 Å². The summed E-state index contributed by atoms with van der Waals surface area (Å²) in [4.78, 5) is 0. The third kappa shape index (κ3) is 4.96. The molecule has 0 radical (unpaired) electrons. The zero-order chi connectivity index (χ0) is 11.5. The minimum atomic E-state index is -0.660. The maximum absolute atomic E-state index is 13.9. The van der Waals surface area contributed by atoms with Crippen molar-refractivity contribution < 1.29 is 4.39 Å². The molecule has 1 aliphatic rings. The van der Waals surface area contributed by atoms with Crippen LogP contribution in [-0.2, 0) is 0 Å². The zero-order valence-corrected chi connectivity index (χ0v) is 10.6. The second-order valence-electron chi connectivity index (χ2n) is 6.18. The van der Waals surface area contributed by atoms with Crippen molar-refractivity contribution in [3.05, 3.63) is 0 Å². The Bertz CT molecular complexity index is 185. The lowest BCUT2D eigenvalue weighted by Crippen LogP contribution is -2.42. The molecule has 1 rings (SSSR count). The van der Waals surface area contributed by atoms with Crippen LogP contribution < -0.4 is 5.32 Å². The Kier molecular flexibility index (Phi) is 4.57. The van der Waals surface area contributed by atoms with E-state index >= 15 is 0 Å². The smallest absolute Gasteiger partial charge is 0.115 e. The molecule has 2 heteroatoms. The molecule has 0 bridgehead atoms. The first kappa shape index (κ1) is 13.0. The first-order valence-corrected chi connectivity index (χ1v) is 6.27. The van der Waals surface area contributed by atoms with Crippen LogP contribution in [0.1, 0.15) is 53.4 Å². The van der Waals surface area contributed by atoms with Gasteiger partial charge >= 0.3 is 0 Å². The first-order chi connectivity index (χ1) is 6.88. The molecule has 1 nitrogen and oxygen atoms in total. The van der Waals surface area contributed by atoms with E-state index in [1.165, 1.54) is 12.8 Å². The average Bonchev–Trinajstić information content (AvgIpc) is 2.13. The van der Waals surface area contributed by atoms with Crippen LogP contribution in [0, 0.1) is 11.8 Å². The molecule has 0 aromatic heterocycles. The van der Waals surface area contributed by atoms with Crippen LogP contribution >= 0.6 is 0 Å². The van der Waals surface area contributed by atoms with Crippen molar-refractivity contribution in [1.29, 1.82) is 0 Å². The van der Waals surface area contributed by atoms with E-state index in [0.29, 0.717) is 12.5 Å². The van der Waals surface area contributed by atoms with E-state index < -0.39 is 6.17 Å². The van der Waals surface area contributed by atoms with Crippen molar-refractivity contribution in [2.45, 2.75) is 65.1 Å². The largest absolute Gasteiger partial charge is 0.309 e. The van der Waals surface area contributed by atoms with Crippen molar-refractivity contribution in [3.8, 4) is 0 Å². The Labute approximate surface area is 93.8 Å². The fourth-order valence-corrected chi connectivity index (χ4v) is 2.38. The fraction of sp³-hybridized carbons (Fsp3) is 1.00. The van der Waals surface area contributed by atoms with Gasteiger partial charge in [-0.15, -0.1) is 0 Å². The molecule has 15 heavy (non-hydrogen) atoms. The molecule has 3 atom stereocenters. The van der Waals surface area contributed by atoms with Crippen LogP contribution in [0.2, 0.25) is 0 Å². The third-order valence-electron chi connectivity index (χ3n) is 3.32. The molecule has 0 aliphatic heterocycles. The predicted octanol–water partition coefficient (Wildman–Crippen LogP) is 3.54. The third-order valence-corrected chi connectivity index (χ3v) is 3.32. The van der Waals surface area contributed by atoms with Crippen LogP contribution in [0.3, 0.4) is 0 Å². The Hall–Kier alpha value is -0.110. The summed E-state index contributed by atoms with van der Waals surface area (Å²) < 4.78 is 13.9. The number of halogens is 1. The molecule has 1 aliphatic carbocycles. The molecule has 0 amide bonds. The van der Waals surface area contributed by atoms with Crippen molar-refractivity contribution >= 4 is 0 Å². The normalized spacial score (nSPS) is 30.2. The Balaban J connectivity index is 2.29. The van der Waals surface area contributed by atoms with Crippen molar-refractivity contribution in [2.75, 3.05) is 6.54 Å². The minimum Gasteiger partial charge on any atom is -0.309 e. The van der Waals surface area contributed by atoms with Gasteiger partial charge < -0.3 is 5.32 Å². The number of alkyl halides is 1. The summed E-state index contributed by atoms with van der Waals surface area (Å²) in [5.41, 5.74) is 0.0324. The highest BCUT2D eigenvalue weighted by Crippen LogP contribution is 2.31. The van der Waals surface area contributed by atoms with Crippen molar-refractivity contribution in [2.24, 2.45) is 11.8 Å². The van der Waals surface area contributed by atoms with Crippen LogP contribution in [0.4, 0.5) is 4.39 Å². The van der Waals surface area contributed by atoms with Crippen LogP contribution in [-0.4, -0.2) is 18.3 Å². The van der Waals surface area contributed by atoms with Gasteiger partial charge in [0.15, 0.2) is 0 Å². The highest BCUT2D eigenvalue weighted by Gasteiger charge is 2.27. The average molecular weight is 215 g/mol. The Morgan fingerprint density at radius 1 is 1.33 bits per heavy atom. The highest BCUT2D eigenvalue weighted by molar-refractivity contribution is 4.80. The van der Waals surface area contributed by atoms with E-state index in [1.54, 1.807) is 0 Å². The number of hydrogen-bond donors (Lipinski definition) is 1. The summed E-state index contributed by atoms with van der Waals surface area (Å²) in [5.74, 6) is 1.01. The first-order valence-electron chi connectivity index (χ1n) is 6.27. The molecule has 90 valence electrons. The molecule has 1 fully saturated rings. The van der Waals surface area contributed by atoms with Gasteiger partial charge in [0, 0.05) is 12.1 Å². The van der Waals surface area contributed by atoms with E-state index in [9.17, 15) is 4.39 Å². The summed E-state index contributed by atoms with van der Waals surface area (Å²) in [6.07, 6.45) is 3.99.